The van der Waals surface area contributed by atoms with E-state index in [1.54, 1.807) is 0 Å². The first-order valence-corrected chi connectivity index (χ1v) is 21.9. The van der Waals surface area contributed by atoms with E-state index in [2.05, 4.69) is 260 Å². The maximum absolute atomic E-state index is 2.57. The molecule has 11 rings (SSSR count). The first kappa shape index (κ1) is 38.0. The number of para-hydroxylation sites is 2. The number of hydrogen-bond donors (Lipinski definition) is 0. The van der Waals surface area contributed by atoms with Gasteiger partial charge in [-0.3, -0.25) is 0 Å². The van der Waals surface area contributed by atoms with Gasteiger partial charge in [0.15, 0.2) is 0 Å². The lowest BCUT2D eigenvalue weighted by Gasteiger charge is -2.40. The molecule has 1 aliphatic heterocycles. The van der Waals surface area contributed by atoms with Gasteiger partial charge in [0.25, 0.3) is 0 Å². The molecule has 0 fully saturated rings. The Balaban J connectivity index is 1.23. The van der Waals surface area contributed by atoms with Gasteiger partial charge in [0.1, 0.15) is 0 Å². The third-order valence-corrected chi connectivity index (χ3v) is 12.6. The first-order chi connectivity index (χ1) is 31.3. The van der Waals surface area contributed by atoms with E-state index in [0.29, 0.717) is 0 Å². The second-order valence-electron chi connectivity index (χ2n) is 16.3. The molecule has 9 aromatic rings. The van der Waals surface area contributed by atoms with Gasteiger partial charge in [-0.05, 0) is 109 Å². The van der Waals surface area contributed by atoms with E-state index in [4.69, 9.17) is 0 Å². The summed E-state index contributed by atoms with van der Waals surface area (Å²) in [6, 6.07) is 82.7. The SMILES string of the molecule is C1=CC=C(c2cc(-c3ccccc3)c(N3c4ccccc4B(c4c(-c5ccccc5)cc(-c5ccccc5)cc4-c4ccccc4)c4ccccc43)c(-c3ccccc3)c2)CC=C1. The monoisotopic (exact) mass is 801 g/mol. The van der Waals surface area contributed by atoms with Crippen LogP contribution in [0.4, 0.5) is 17.1 Å². The van der Waals surface area contributed by atoms with Crippen molar-refractivity contribution in [2.75, 3.05) is 4.90 Å². The van der Waals surface area contributed by atoms with Crippen LogP contribution in [0, 0.1) is 0 Å². The number of hydrogen-bond acceptors (Lipinski definition) is 1. The van der Waals surface area contributed by atoms with Crippen LogP contribution < -0.4 is 21.3 Å². The van der Waals surface area contributed by atoms with Gasteiger partial charge >= 0.3 is 0 Å². The summed E-state index contributed by atoms with van der Waals surface area (Å²) in [5.74, 6) is 0. The third kappa shape index (κ3) is 7.16. The van der Waals surface area contributed by atoms with Crippen molar-refractivity contribution < 1.29 is 0 Å². The number of benzene rings is 9. The van der Waals surface area contributed by atoms with Crippen LogP contribution in [0.15, 0.2) is 255 Å². The summed E-state index contributed by atoms with van der Waals surface area (Å²) in [5, 5.41) is 0. The molecule has 0 saturated heterocycles. The maximum atomic E-state index is 2.57. The molecule has 0 spiro atoms. The molecule has 1 heterocycles. The minimum Gasteiger partial charge on any atom is -0.310 e. The van der Waals surface area contributed by atoms with Gasteiger partial charge < -0.3 is 4.90 Å². The second-order valence-corrected chi connectivity index (χ2v) is 16.3. The third-order valence-electron chi connectivity index (χ3n) is 12.6. The van der Waals surface area contributed by atoms with E-state index in [0.717, 1.165) is 6.42 Å². The summed E-state index contributed by atoms with van der Waals surface area (Å²) < 4.78 is 0. The molecule has 1 nitrogen and oxygen atoms in total. The largest absolute Gasteiger partial charge is 0.310 e. The summed E-state index contributed by atoms with van der Waals surface area (Å²) in [5.41, 5.74) is 21.9. The standard InChI is InChI=1S/C61H44BN/c1-2-9-25-45(24-8-1)51-42-54(48-32-16-6-17-33-48)61(55(43-51)49-34-18-7-19-35-49)63-58-38-22-20-36-56(58)62(57-37-21-23-39-59(57)63)60-52(46-28-12-4-13-29-46)40-50(44-26-10-3-11-27-44)41-53(60)47-30-14-5-15-31-47/h1-24,26-43H,25H2. The molecular weight excluding hydrogens is 757 g/mol. The van der Waals surface area contributed by atoms with Crippen LogP contribution in [0.3, 0.4) is 0 Å². The van der Waals surface area contributed by atoms with Gasteiger partial charge in [-0.2, -0.15) is 0 Å². The zero-order valence-corrected chi connectivity index (χ0v) is 35.0. The van der Waals surface area contributed by atoms with Crippen LogP contribution in [0.25, 0.3) is 61.2 Å². The van der Waals surface area contributed by atoms with E-state index in [1.807, 2.05) is 0 Å². The molecule has 296 valence electrons. The lowest BCUT2D eigenvalue weighted by atomic mass is 9.33. The second kappa shape index (κ2) is 16.8. The molecule has 0 saturated carbocycles. The topological polar surface area (TPSA) is 3.24 Å². The fourth-order valence-electron chi connectivity index (χ4n) is 9.72. The van der Waals surface area contributed by atoms with E-state index in [-0.39, 0.29) is 6.71 Å². The highest BCUT2D eigenvalue weighted by Gasteiger charge is 2.39. The van der Waals surface area contributed by atoms with Crippen LogP contribution in [-0.4, -0.2) is 6.71 Å². The number of rotatable bonds is 8. The highest BCUT2D eigenvalue weighted by Crippen LogP contribution is 2.49. The predicted molar refractivity (Wildman–Crippen MR) is 270 cm³/mol. The summed E-state index contributed by atoms with van der Waals surface area (Å²) in [6.45, 7) is -0.0850. The Morgan fingerprint density at radius 2 is 0.730 bits per heavy atom. The molecule has 63 heavy (non-hydrogen) atoms. The normalized spacial score (nSPS) is 12.9. The Kier molecular flexibility index (Phi) is 10.2. The van der Waals surface area contributed by atoms with E-state index in [9.17, 15) is 0 Å². The van der Waals surface area contributed by atoms with Crippen molar-refractivity contribution in [1.82, 2.24) is 0 Å². The highest BCUT2D eigenvalue weighted by atomic mass is 15.2. The molecule has 0 radical (unpaired) electrons. The van der Waals surface area contributed by atoms with Crippen molar-refractivity contribution in [3.05, 3.63) is 260 Å². The maximum Gasteiger partial charge on any atom is 0.248 e. The Bertz CT molecular complexity index is 3000. The fourth-order valence-corrected chi connectivity index (χ4v) is 9.72. The molecule has 0 bridgehead atoms. The zero-order valence-electron chi connectivity index (χ0n) is 35.0. The molecule has 0 unspecified atom stereocenters. The van der Waals surface area contributed by atoms with Gasteiger partial charge in [-0.15, -0.1) is 0 Å². The van der Waals surface area contributed by atoms with Crippen molar-refractivity contribution in [2.24, 2.45) is 0 Å². The Morgan fingerprint density at radius 1 is 0.333 bits per heavy atom. The van der Waals surface area contributed by atoms with Crippen molar-refractivity contribution in [1.29, 1.82) is 0 Å². The average Bonchev–Trinajstić information content (AvgIpc) is 3.66. The van der Waals surface area contributed by atoms with Crippen molar-refractivity contribution in [3.8, 4) is 55.6 Å². The summed E-state index contributed by atoms with van der Waals surface area (Å²) in [6.07, 6.45) is 11.8. The quantitative estimate of drug-likeness (QED) is 0.138. The van der Waals surface area contributed by atoms with Crippen molar-refractivity contribution in [3.63, 3.8) is 0 Å². The molecular formula is C61H44BN. The van der Waals surface area contributed by atoms with Crippen molar-refractivity contribution in [2.45, 2.75) is 6.42 Å². The summed E-state index contributed by atoms with van der Waals surface area (Å²) in [4.78, 5) is 2.57. The van der Waals surface area contributed by atoms with E-state index in [1.165, 1.54) is 100 Å². The van der Waals surface area contributed by atoms with E-state index < -0.39 is 0 Å². The molecule has 0 N–H and O–H groups in total. The molecule has 0 atom stereocenters. The summed E-state index contributed by atoms with van der Waals surface area (Å²) in [7, 11) is 0. The van der Waals surface area contributed by atoms with Gasteiger partial charge in [0, 0.05) is 22.5 Å². The fraction of sp³-hybridized carbons (Fsp3) is 0.0164. The highest BCUT2D eigenvalue weighted by molar-refractivity contribution is 6.99. The van der Waals surface area contributed by atoms with Gasteiger partial charge in [0.05, 0.1) is 5.69 Å². The minimum atomic E-state index is -0.0850. The average molecular weight is 802 g/mol. The van der Waals surface area contributed by atoms with Crippen molar-refractivity contribution >= 4 is 45.7 Å². The molecule has 9 aromatic carbocycles. The van der Waals surface area contributed by atoms with Crippen LogP contribution in [0.2, 0.25) is 0 Å². The number of nitrogens with zero attached hydrogens (tertiary/aromatic N) is 1. The Morgan fingerprint density at radius 3 is 1.21 bits per heavy atom. The van der Waals surface area contributed by atoms with Gasteiger partial charge in [-0.25, -0.2) is 0 Å². The number of anilines is 3. The van der Waals surface area contributed by atoms with Crippen LogP contribution in [0.1, 0.15) is 12.0 Å². The molecule has 1 aliphatic carbocycles. The number of allylic oxidation sites excluding steroid dienone is 6. The number of fused-ring (bicyclic) bond motifs is 2. The van der Waals surface area contributed by atoms with E-state index >= 15 is 0 Å². The summed E-state index contributed by atoms with van der Waals surface area (Å²) >= 11 is 0. The van der Waals surface area contributed by atoms with Gasteiger partial charge in [-0.1, -0.05) is 224 Å². The first-order valence-electron chi connectivity index (χ1n) is 21.9. The van der Waals surface area contributed by atoms with Crippen LogP contribution >= 0.6 is 0 Å². The Labute approximate surface area is 371 Å². The van der Waals surface area contributed by atoms with Gasteiger partial charge in [0.2, 0.25) is 6.71 Å². The minimum absolute atomic E-state index is 0.0850. The Hall–Kier alpha value is -7.94. The molecule has 0 aromatic heterocycles. The lowest BCUT2D eigenvalue weighted by molar-refractivity contribution is 1.29. The smallest absolute Gasteiger partial charge is 0.248 e. The van der Waals surface area contributed by atoms with Crippen LogP contribution in [0.5, 0.6) is 0 Å². The van der Waals surface area contributed by atoms with Crippen LogP contribution in [-0.2, 0) is 0 Å². The molecule has 2 heteroatoms. The zero-order chi connectivity index (χ0) is 42.0. The lowest BCUT2D eigenvalue weighted by Crippen LogP contribution is -2.58. The molecule has 2 aliphatic rings. The molecule has 0 amide bonds. The predicted octanol–water partition coefficient (Wildman–Crippen LogP) is 14.2.